The lowest BCUT2D eigenvalue weighted by atomic mass is 9.85. The summed E-state index contributed by atoms with van der Waals surface area (Å²) in [6.07, 6.45) is 2.54. The summed E-state index contributed by atoms with van der Waals surface area (Å²) in [4.78, 5) is 11.0. The Bertz CT molecular complexity index is 559. The average Bonchev–Trinajstić information content (AvgIpc) is 2.68. The van der Waals surface area contributed by atoms with Gasteiger partial charge in [0.05, 0.1) is 5.39 Å². The zero-order chi connectivity index (χ0) is 14.0. The Morgan fingerprint density at radius 3 is 2.74 bits per heavy atom. The van der Waals surface area contributed by atoms with Crippen molar-refractivity contribution < 1.29 is 0 Å². The first-order valence-electron chi connectivity index (χ1n) is 6.45. The Labute approximate surface area is 123 Å². The van der Waals surface area contributed by atoms with Crippen molar-refractivity contribution >= 4 is 39.0 Å². The Morgan fingerprint density at radius 1 is 1.37 bits per heavy atom. The van der Waals surface area contributed by atoms with E-state index < -0.39 is 0 Å². The second-order valence-corrected chi connectivity index (χ2v) is 7.45. The molecular weight excluding hydrogens is 278 g/mol. The molecule has 0 aliphatic heterocycles. The number of aryl methyl sites for hydroxylation is 1. The van der Waals surface area contributed by atoms with Gasteiger partial charge in [-0.2, -0.15) is 0 Å². The second-order valence-electron chi connectivity index (χ2n) is 5.84. The van der Waals surface area contributed by atoms with Crippen molar-refractivity contribution in [3.8, 4) is 0 Å². The van der Waals surface area contributed by atoms with Gasteiger partial charge in [0.1, 0.15) is 17.0 Å². The van der Waals surface area contributed by atoms with Crippen molar-refractivity contribution in [2.75, 3.05) is 11.2 Å². The molecule has 1 unspecified atom stereocenters. The molecule has 2 aromatic heterocycles. The Balaban J connectivity index is 2.33. The van der Waals surface area contributed by atoms with E-state index in [-0.39, 0.29) is 5.41 Å². The van der Waals surface area contributed by atoms with Crippen LogP contribution in [0.1, 0.15) is 32.1 Å². The van der Waals surface area contributed by atoms with Crippen LogP contribution in [0.25, 0.3) is 10.2 Å². The zero-order valence-electron chi connectivity index (χ0n) is 11.8. The summed E-state index contributed by atoms with van der Waals surface area (Å²) in [5.74, 6) is 1.56. The first-order chi connectivity index (χ1) is 8.91. The molecule has 2 heterocycles. The van der Waals surface area contributed by atoms with Gasteiger partial charge in [-0.25, -0.2) is 9.97 Å². The molecule has 1 N–H and O–H groups in total. The van der Waals surface area contributed by atoms with Crippen molar-refractivity contribution in [3.05, 3.63) is 17.3 Å². The highest BCUT2D eigenvalue weighted by Crippen LogP contribution is 2.31. The minimum atomic E-state index is 0.136. The predicted molar refractivity (Wildman–Crippen MR) is 84.4 cm³/mol. The van der Waals surface area contributed by atoms with E-state index in [0.29, 0.717) is 11.9 Å². The third-order valence-electron chi connectivity index (χ3n) is 3.21. The number of halogens is 1. The van der Waals surface area contributed by atoms with Gasteiger partial charge in [-0.05, 0) is 24.8 Å². The zero-order valence-corrected chi connectivity index (χ0v) is 13.4. The molecule has 0 aliphatic rings. The van der Waals surface area contributed by atoms with E-state index in [2.05, 4.69) is 49.0 Å². The molecule has 0 bridgehead atoms. The summed E-state index contributed by atoms with van der Waals surface area (Å²) in [7, 11) is 0. The number of alkyl halides is 1. The van der Waals surface area contributed by atoms with Gasteiger partial charge in [0.25, 0.3) is 0 Å². The van der Waals surface area contributed by atoms with Crippen LogP contribution in [0.4, 0.5) is 5.82 Å². The molecule has 0 spiro atoms. The Kier molecular flexibility index (Phi) is 4.31. The van der Waals surface area contributed by atoms with E-state index in [9.17, 15) is 0 Å². The minimum Gasteiger partial charge on any atom is -0.366 e. The van der Waals surface area contributed by atoms with E-state index in [0.717, 1.165) is 22.5 Å². The first kappa shape index (κ1) is 14.5. The summed E-state index contributed by atoms with van der Waals surface area (Å²) in [5, 5.41) is 4.65. The van der Waals surface area contributed by atoms with Crippen molar-refractivity contribution in [1.82, 2.24) is 9.97 Å². The number of rotatable bonds is 4. The molecule has 0 aromatic carbocycles. The van der Waals surface area contributed by atoms with Gasteiger partial charge >= 0.3 is 0 Å². The third kappa shape index (κ3) is 3.37. The normalized spacial score (nSPS) is 13.7. The monoisotopic (exact) mass is 297 g/mol. The van der Waals surface area contributed by atoms with Gasteiger partial charge in [-0.3, -0.25) is 0 Å². The number of hydrogen-bond acceptors (Lipinski definition) is 4. The Morgan fingerprint density at radius 2 is 2.11 bits per heavy atom. The largest absolute Gasteiger partial charge is 0.366 e. The number of thiophene rings is 1. The molecule has 3 nitrogen and oxygen atoms in total. The van der Waals surface area contributed by atoms with E-state index in [1.807, 2.05) is 0 Å². The van der Waals surface area contributed by atoms with Gasteiger partial charge in [0.2, 0.25) is 0 Å². The number of anilines is 1. The standard InChI is InChI=1S/C14H20ClN3S/c1-9-7-10-12(16-8-17-13(10)19-9)18-11(5-6-15)14(2,3)4/h7-8,11H,5-6H2,1-4H3,(H,16,17,18). The van der Waals surface area contributed by atoms with Crippen LogP contribution in [0.15, 0.2) is 12.4 Å². The predicted octanol–water partition coefficient (Wildman–Crippen LogP) is 4.46. The second kappa shape index (κ2) is 5.63. The molecule has 0 saturated heterocycles. The van der Waals surface area contributed by atoms with E-state index in [4.69, 9.17) is 11.6 Å². The Hall–Kier alpha value is -0.870. The quantitative estimate of drug-likeness (QED) is 0.847. The average molecular weight is 298 g/mol. The smallest absolute Gasteiger partial charge is 0.138 e. The van der Waals surface area contributed by atoms with Crippen LogP contribution in [0.3, 0.4) is 0 Å². The van der Waals surface area contributed by atoms with Gasteiger partial charge in [-0.1, -0.05) is 20.8 Å². The molecule has 0 amide bonds. The van der Waals surface area contributed by atoms with Crippen LogP contribution in [0, 0.1) is 12.3 Å². The van der Waals surface area contributed by atoms with Crippen molar-refractivity contribution in [2.45, 2.75) is 40.2 Å². The van der Waals surface area contributed by atoms with Crippen molar-refractivity contribution in [1.29, 1.82) is 0 Å². The van der Waals surface area contributed by atoms with Crippen LogP contribution in [0.2, 0.25) is 0 Å². The molecular formula is C14H20ClN3S. The molecule has 104 valence electrons. The van der Waals surface area contributed by atoms with E-state index in [1.54, 1.807) is 17.7 Å². The van der Waals surface area contributed by atoms with Gasteiger partial charge in [0.15, 0.2) is 0 Å². The molecule has 19 heavy (non-hydrogen) atoms. The maximum atomic E-state index is 5.92. The maximum absolute atomic E-state index is 5.92. The fourth-order valence-corrected chi connectivity index (χ4v) is 3.15. The van der Waals surface area contributed by atoms with Gasteiger partial charge in [0, 0.05) is 16.8 Å². The summed E-state index contributed by atoms with van der Waals surface area (Å²) in [6.45, 7) is 8.74. The summed E-state index contributed by atoms with van der Waals surface area (Å²) < 4.78 is 0. The summed E-state index contributed by atoms with van der Waals surface area (Å²) >= 11 is 7.62. The molecule has 0 fully saturated rings. The number of nitrogens with one attached hydrogen (secondary N) is 1. The molecule has 2 rings (SSSR count). The minimum absolute atomic E-state index is 0.136. The first-order valence-corrected chi connectivity index (χ1v) is 7.80. The number of hydrogen-bond donors (Lipinski definition) is 1. The molecule has 0 aliphatic carbocycles. The highest BCUT2D eigenvalue weighted by Gasteiger charge is 2.25. The fourth-order valence-electron chi connectivity index (χ4n) is 2.09. The molecule has 5 heteroatoms. The van der Waals surface area contributed by atoms with E-state index in [1.165, 1.54) is 4.88 Å². The number of nitrogens with zero attached hydrogens (tertiary/aromatic N) is 2. The molecule has 0 saturated carbocycles. The highest BCUT2D eigenvalue weighted by atomic mass is 35.5. The van der Waals surface area contributed by atoms with Gasteiger partial charge < -0.3 is 5.32 Å². The lowest BCUT2D eigenvalue weighted by molar-refractivity contribution is 0.334. The van der Waals surface area contributed by atoms with Crippen LogP contribution >= 0.6 is 22.9 Å². The lowest BCUT2D eigenvalue weighted by Crippen LogP contribution is -2.34. The third-order valence-corrected chi connectivity index (χ3v) is 4.38. The SMILES string of the molecule is Cc1cc2c(NC(CCCl)C(C)(C)C)ncnc2s1. The maximum Gasteiger partial charge on any atom is 0.138 e. The van der Waals surface area contributed by atoms with Crippen LogP contribution in [-0.4, -0.2) is 21.9 Å². The lowest BCUT2D eigenvalue weighted by Gasteiger charge is -2.31. The van der Waals surface area contributed by atoms with Crippen molar-refractivity contribution in [3.63, 3.8) is 0 Å². The highest BCUT2D eigenvalue weighted by molar-refractivity contribution is 7.18. The molecule has 0 radical (unpaired) electrons. The fraction of sp³-hybridized carbons (Fsp3) is 0.571. The topological polar surface area (TPSA) is 37.8 Å². The van der Waals surface area contributed by atoms with Crippen LogP contribution < -0.4 is 5.32 Å². The number of fused-ring (bicyclic) bond motifs is 1. The summed E-state index contributed by atoms with van der Waals surface area (Å²) in [5.41, 5.74) is 0.136. The molecule has 2 aromatic rings. The van der Waals surface area contributed by atoms with Gasteiger partial charge in [-0.15, -0.1) is 22.9 Å². The van der Waals surface area contributed by atoms with Crippen LogP contribution in [0.5, 0.6) is 0 Å². The molecule has 1 atom stereocenters. The summed E-state index contributed by atoms with van der Waals surface area (Å²) in [6, 6.07) is 2.44. The van der Waals surface area contributed by atoms with E-state index >= 15 is 0 Å². The van der Waals surface area contributed by atoms with Crippen LogP contribution in [-0.2, 0) is 0 Å². The van der Waals surface area contributed by atoms with Crippen molar-refractivity contribution in [2.24, 2.45) is 5.41 Å². The number of aromatic nitrogens is 2.